The van der Waals surface area contributed by atoms with Crippen LogP contribution in [0.5, 0.6) is 5.75 Å². The topological polar surface area (TPSA) is 81.1 Å². The van der Waals surface area contributed by atoms with E-state index in [1.165, 1.54) is 24.3 Å². The molecule has 0 aliphatic carbocycles. The third-order valence-electron chi connectivity index (χ3n) is 4.68. The molecule has 0 atom stereocenters. The molecule has 2 N–H and O–H groups in total. The maximum atomic E-state index is 13.2. The first-order valence-electron chi connectivity index (χ1n) is 10.2. The Morgan fingerprint density at radius 3 is 2.00 bits per heavy atom. The first-order chi connectivity index (χ1) is 16.1. The van der Waals surface area contributed by atoms with Crippen LogP contribution in [0, 0.1) is 11.6 Å². The van der Waals surface area contributed by atoms with Crippen LogP contribution in [0.1, 0.15) is 15.9 Å². The molecule has 0 spiro atoms. The van der Waals surface area contributed by atoms with Crippen LogP contribution in [0.4, 0.5) is 20.7 Å². The van der Waals surface area contributed by atoms with E-state index < -0.39 is 5.91 Å². The van der Waals surface area contributed by atoms with Crippen LogP contribution < -0.4 is 15.4 Å². The highest BCUT2D eigenvalue weighted by atomic mass is 19.1. The molecule has 33 heavy (non-hydrogen) atoms. The minimum atomic E-state index is -0.428. The normalized spacial score (nSPS) is 10.6. The average Bonchev–Trinajstić information content (AvgIpc) is 3.26. The number of benzene rings is 3. The van der Waals surface area contributed by atoms with Gasteiger partial charge in [-0.2, -0.15) is 9.67 Å². The number of ether oxygens (including phenoxy) is 1. The van der Waals surface area contributed by atoms with Crippen LogP contribution in [-0.2, 0) is 13.1 Å². The van der Waals surface area contributed by atoms with Crippen molar-refractivity contribution in [3.8, 4) is 5.75 Å². The fourth-order valence-corrected chi connectivity index (χ4v) is 2.96. The SMILES string of the molecule is O=C(COc1ccccc1)n1nc(NCc2ccc(F)cc2)nc1NCc1ccc(F)cc1. The van der Waals surface area contributed by atoms with Gasteiger partial charge >= 0.3 is 0 Å². The van der Waals surface area contributed by atoms with Gasteiger partial charge in [-0.25, -0.2) is 8.78 Å². The maximum Gasteiger partial charge on any atom is 0.288 e. The highest BCUT2D eigenvalue weighted by molar-refractivity contribution is 5.82. The Hall–Kier alpha value is -4.27. The highest BCUT2D eigenvalue weighted by Crippen LogP contribution is 2.14. The maximum absolute atomic E-state index is 13.2. The van der Waals surface area contributed by atoms with E-state index in [1.807, 2.05) is 18.2 Å². The molecule has 0 aliphatic heterocycles. The minimum absolute atomic E-state index is 0.211. The van der Waals surface area contributed by atoms with Gasteiger partial charge in [-0.15, -0.1) is 5.10 Å². The monoisotopic (exact) mass is 449 g/mol. The number of hydrogen-bond donors (Lipinski definition) is 2. The molecule has 9 heteroatoms. The van der Waals surface area contributed by atoms with Crippen molar-refractivity contribution < 1.29 is 18.3 Å². The van der Waals surface area contributed by atoms with E-state index in [9.17, 15) is 13.6 Å². The first-order valence-corrected chi connectivity index (χ1v) is 10.2. The molecule has 0 saturated heterocycles. The standard InChI is InChI=1S/C24H21F2N5O2/c25-19-10-6-17(7-11-19)14-27-23-29-24(28-15-18-8-12-20(26)13-9-18)31(30-23)22(32)16-33-21-4-2-1-3-5-21/h1-13H,14-16H2,(H2,27,28,29,30). The van der Waals surface area contributed by atoms with Gasteiger partial charge in [0.2, 0.25) is 11.9 Å². The molecule has 1 aromatic heterocycles. The Labute approximate surface area is 189 Å². The van der Waals surface area contributed by atoms with Crippen LogP contribution in [0.25, 0.3) is 0 Å². The summed E-state index contributed by atoms with van der Waals surface area (Å²) in [5, 5.41) is 10.3. The van der Waals surface area contributed by atoms with Crippen molar-refractivity contribution in [1.29, 1.82) is 0 Å². The molecule has 4 rings (SSSR count). The molecule has 0 radical (unpaired) electrons. The van der Waals surface area contributed by atoms with Gasteiger partial charge in [-0.05, 0) is 47.5 Å². The third-order valence-corrected chi connectivity index (χ3v) is 4.68. The Morgan fingerprint density at radius 1 is 0.818 bits per heavy atom. The number of nitrogens with one attached hydrogen (secondary N) is 2. The summed E-state index contributed by atoms with van der Waals surface area (Å²) in [6, 6.07) is 21.0. The van der Waals surface area contributed by atoms with E-state index in [0.29, 0.717) is 18.8 Å². The van der Waals surface area contributed by atoms with Gasteiger partial charge < -0.3 is 15.4 Å². The molecule has 3 aromatic carbocycles. The smallest absolute Gasteiger partial charge is 0.288 e. The van der Waals surface area contributed by atoms with E-state index in [2.05, 4.69) is 20.7 Å². The Morgan fingerprint density at radius 2 is 1.39 bits per heavy atom. The van der Waals surface area contributed by atoms with Crippen LogP contribution in [0.15, 0.2) is 78.9 Å². The Bertz CT molecular complexity index is 1200. The molecule has 0 saturated carbocycles. The molecular formula is C24H21F2N5O2. The van der Waals surface area contributed by atoms with Crippen molar-refractivity contribution in [3.63, 3.8) is 0 Å². The van der Waals surface area contributed by atoms with Gasteiger partial charge in [0.05, 0.1) is 0 Å². The van der Waals surface area contributed by atoms with E-state index in [1.54, 1.807) is 36.4 Å². The zero-order chi connectivity index (χ0) is 23.0. The van der Waals surface area contributed by atoms with E-state index >= 15 is 0 Å². The number of carbonyl (C=O) groups excluding carboxylic acids is 1. The number of nitrogens with zero attached hydrogens (tertiary/aromatic N) is 3. The summed E-state index contributed by atoms with van der Waals surface area (Å²) in [6.07, 6.45) is 0. The number of aromatic nitrogens is 3. The largest absolute Gasteiger partial charge is 0.484 e. The number of rotatable bonds is 9. The molecule has 7 nitrogen and oxygen atoms in total. The number of carbonyl (C=O) groups is 1. The zero-order valence-electron chi connectivity index (χ0n) is 17.5. The molecule has 4 aromatic rings. The average molecular weight is 449 g/mol. The van der Waals surface area contributed by atoms with E-state index in [4.69, 9.17) is 4.74 Å². The number of anilines is 2. The van der Waals surface area contributed by atoms with Crippen LogP contribution in [0.2, 0.25) is 0 Å². The van der Waals surface area contributed by atoms with Crippen molar-refractivity contribution in [1.82, 2.24) is 14.8 Å². The number of para-hydroxylation sites is 1. The van der Waals surface area contributed by atoms with Crippen molar-refractivity contribution in [2.75, 3.05) is 17.2 Å². The molecule has 0 unspecified atom stereocenters. The van der Waals surface area contributed by atoms with Crippen molar-refractivity contribution in [2.45, 2.75) is 13.1 Å². The second-order valence-electron chi connectivity index (χ2n) is 7.13. The molecular weight excluding hydrogens is 428 g/mol. The second kappa shape index (κ2) is 10.4. The molecule has 0 amide bonds. The van der Waals surface area contributed by atoms with Crippen LogP contribution in [-0.4, -0.2) is 27.3 Å². The number of hydrogen-bond acceptors (Lipinski definition) is 6. The lowest BCUT2D eigenvalue weighted by molar-refractivity contribution is 0.0824. The van der Waals surface area contributed by atoms with Crippen molar-refractivity contribution in [2.24, 2.45) is 0 Å². The van der Waals surface area contributed by atoms with E-state index in [0.717, 1.165) is 15.8 Å². The molecule has 0 aliphatic rings. The predicted octanol–water partition coefficient (Wildman–Crippen LogP) is 4.50. The van der Waals surface area contributed by atoms with Crippen molar-refractivity contribution in [3.05, 3.63) is 102 Å². The summed E-state index contributed by atoms with van der Waals surface area (Å²) in [6.45, 7) is 0.412. The van der Waals surface area contributed by atoms with Crippen LogP contribution in [0.3, 0.4) is 0 Å². The number of halogens is 2. The van der Waals surface area contributed by atoms with E-state index in [-0.39, 0.29) is 30.1 Å². The lowest BCUT2D eigenvalue weighted by Gasteiger charge is -2.08. The highest BCUT2D eigenvalue weighted by Gasteiger charge is 2.17. The first kappa shape index (κ1) is 21.9. The lowest BCUT2D eigenvalue weighted by Crippen LogP contribution is -2.22. The molecule has 0 bridgehead atoms. The summed E-state index contributed by atoms with van der Waals surface area (Å²) < 4.78 is 32.9. The predicted molar refractivity (Wildman–Crippen MR) is 120 cm³/mol. The third kappa shape index (κ3) is 6.13. The van der Waals surface area contributed by atoms with Crippen molar-refractivity contribution >= 4 is 17.8 Å². The fraction of sp³-hybridized carbons (Fsp3) is 0.125. The molecule has 1 heterocycles. The zero-order valence-corrected chi connectivity index (χ0v) is 17.5. The van der Waals surface area contributed by atoms with Crippen LogP contribution >= 0.6 is 0 Å². The Kier molecular flexibility index (Phi) is 6.89. The van der Waals surface area contributed by atoms with Gasteiger partial charge in [0.1, 0.15) is 17.4 Å². The van der Waals surface area contributed by atoms with Gasteiger partial charge in [0.25, 0.3) is 5.91 Å². The van der Waals surface area contributed by atoms with Gasteiger partial charge in [-0.1, -0.05) is 42.5 Å². The summed E-state index contributed by atoms with van der Waals surface area (Å²) in [4.78, 5) is 17.2. The second-order valence-corrected chi connectivity index (χ2v) is 7.13. The quantitative estimate of drug-likeness (QED) is 0.392. The van der Waals surface area contributed by atoms with Gasteiger partial charge in [0, 0.05) is 13.1 Å². The summed E-state index contributed by atoms with van der Waals surface area (Å²) in [7, 11) is 0. The molecule has 168 valence electrons. The minimum Gasteiger partial charge on any atom is -0.484 e. The molecule has 0 fully saturated rings. The Balaban J connectivity index is 1.47. The summed E-state index contributed by atoms with van der Waals surface area (Å²) in [5.41, 5.74) is 1.63. The summed E-state index contributed by atoms with van der Waals surface area (Å²) >= 11 is 0. The van der Waals surface area contributed by atoms with Gasteiger partial charge in [0.15, 0.2) is 6.61 Å². The lowest BCUT2D eigenvalue weighted by atomic mass is 10.2. The van der Waals surface area contributed by atoms with Gasteiger partial charge in [-0.3, -0.25) is 4.79 Å². The summed E-state index contributed by atoms with van der Waals surface area (Å²) in [5.74, 6) is -0.0966. The fourth-order valence-electron chi connectivity index (χ4n) is 2.96.